The fourth-order valence-electron chi connectivity index (χ4n) is 2.28. The first kappa shape index (κ1) is 9.26. The molecule has 0 saturated heterocycles. The summed E-state index contributed by atoms with van der Waals surface area (Å²) in [5.74, 6) is 0. The lowest BCUT2D eigenvalue weighted by atomic mass is 9.86. The van der Waals surface area contributed by atoms with Crippen LogP contribution in [0.15, 0.2) is 10.5 Å². The minimum atomic E-state index is 1.28. The van der Waals surface area contributed by atoms with Crippen LogP contribution in [-0.4, -0.2) is 0 Å². The summed E-state index contributed by atoms with van der Waals surface area (Å²) in [6.07, 6.45) is 5.30. The summed E-state index contributed by atoms with van der Waals surface area (Å²) < 4.78 is 1.28. The van der Waals surface area contributed by atoms with Crippen LogP contribution in [-0.2, 0) is 12.8 Å². The number of hydrogen-bond acceptors (Lipinski definition) is 0. The van der Waals surface area contributed by atoms with Gasteiger partial charge in [-0.25, -0.2) is 0 Å². The molecule has 0 aromatic heterocycles. The number of hydrogen-bond donors (Lipinski definition) is 0. The zero-order valence-corrected chi connectivity index (χ0v) is 9.87. The maximum absolute atomic E-state index is 3.63. The van der Waals surface area contributed by atoms with Gasteiger partial charge in [-0.05, 0) is 67.9 Å². The highest BCUT2D eigenvalue weighted by molar-refractivity contribution is 9.10. The molecular formula is C12H15Br. The SMILES string of the molecule is Cc1cc(Br)c(C)c2c1CCCC2. The highest BCUT2D eigenvalue weighted by Gasteiger charge is 2.15. The van der Waals surface area contributed by atoms with Crippen molar-refractivity contribution in [3.63, 3.8) is 0 Å². The molecule has 2 rings (SSSR count). The van der Waals surface area contributed by atoms with E-state index in [-0.39, 0.29) is 0 Å². The fourth-order valence-corrected chi connectivity index (χ4v) is 2.87. The molecule has 0 atom stereocenters. The molecule has 0 fully saturated rings. The van der Waals surface area contributed by atoms with Crippen molar-refractivity contribution in [1.82, 2.24) is 0 Å². The maximum atomic E-state index is 3.63. The topological polar surface area (TPSA) is 0 Å². The predicted molar refractivity (Wildman–Crippen MR) is 60.3 cm³/mol. The van der Waals surface area contributed by atoms with Crippen molar-refractivity contribution in [2.75, 3.05) is 0 Å². The Kier molecular flexibility index (Phi) is 2.46. The lowest BCUT2D eigenvalue weighted by Crippen LogP contribution is -2.07. The van der Waals surface area contributed by atoms with Crippen LogP contribution in [0, 0.1) is 13.8 Å². The van der Waals surface area contributed by atoms with E-state index in [9.17, 15) is 0 Å². The van der Waals surface area contributed by atoms with E-state index in [2.05, 4.69) is 35.8 Å². The smallest absolute Gasteiger partial charge is 0.0210 e. The molecule has 13 heavy (non-hydrogen) atoms. The highest BCUT2D eigenvalue weighted by atomic mass is 79.9. The Hall–Kier alpha value is -0.300. The van der Waals surface area contributed by atoms with E-state index >= 15 is 0 Å². The third-order valence-corrected chi connectivity index (χ3v) is 3.92. The van der Waals surface area contributed by atoms with Gasteiger partial charge in [-0.15, -0.1) is 0 Å². The number of rotatable bonds is 0. The van der Waals surface area contributed by atoms with Gasteiger partial charge in [0, 0.05) is 4.47 Å². The Morgan fingerprint density at radius 2 is 1.69 bits per heavy atom. The number of benzene rings is 1. The van der Waals surface area contributed by atoms with E-state index < -0.39 is 0 Å². The second-order valence-corrected chi connectivity index (χ2v) is 4.82. The summed E-state index contributed by atoms with van der Waals surface area (Å²) in [4.78, 5) is 0. The molecule has 0 bridgehead atoms. The monoisotopic (exact) mass is 238 g/mol. The van der Waals surface area contributed by atoms with Crippen molar-refractivity contribution in [2.45, 2.75) is 39.5 Å². The molecule has 0 N–H and O–H groups in total. The number of aryl methyl sites for hydroxylation is 1. The molecule has 1 aromatic rings. The van der Waals surface area contributed by atoms with Crippen LogP contribution < -0.4 is 0 Å². The van der Waals surface area contributed by atoms with Gasteiger partial charge in [-0.2, -0.15) is 0 Å². The summed E-state index contributed by atoms with van der Waals surface area (Å²) in [6.45, 7) is 4.46. The normalized spacial score (nSPS) is 15.6. The summed E-state index contributed by atoms with van der Waals surface area (Å²) in [6, 6.07) is 2.26. The zero-order chi connectivity index (χ0) is 9.42. The minimum Gasteiger partial charge on any atom is -0.0505 e. The lowest BCUT2D eigenvalue weighted by molar-refractivity contribution is 0.677. The third kappa shape index (κ3) is 1.54. The summed E-state index contributed by atoms with van der Waals surface area (Å²) >= 11 is 3.63. The van der Waals surface area contributed by atoms with Gasteiger partial charge in [0.05, 0.1) is 0 Å². The van der Waals surface area contributed by atoms with E-state index in [1.807, 2.05) is 0 Å². The largest absolute Gasteiger partial charge is 0.0505 e. The van der Waals surface area contributed by atoms with Crippen LogP contribution in [0.1, 0.15) is 35.1 Å². The minimum absolute atomic E-state index is 1.28. The van der Waals surface area contributed by atoms with Gasteiger partial charge in [-0.1, -0.05) is 15.9 Å². The van der Waals surface area contributed by atoms with E-state index in [1.54, 1.807) is 11.1 Å². The van der Waals surface area contributed by atoms with Gasteiger partial charge < -0.3 is 0 Å². The summed E-state index contributed by atoms with van der Waals surface area (Å²) in [5, 5.41) is 0. The molecule has 0 nitrogen and oxygen atoms in total. The molecule has 0 heterocycles. The van der Waals surface area contributed by atoms with Crippen molar-refractivity contribution in [2.24, 2.45) is 0 Å². The standard InChI is InChI=1S/C12H15Br/c1-8-7-12(13)9(2)11-6-4-3-5-10(8)11/h7H,3-6H2,1-2H3. The number of halogens is 1. The Bertz CT molecular complexity index is 339. The van der Waals surface area contributed by atoms with Crippen LogP contribution in [0.4, 0.5) is 0 Å². The molecule has 0 amide bonds. The van der Waals surface area contributed by atoms with Crippen LogP contribution in [0.25, 0.3) is 0 Å². The van der Waals surface area contributed by atoms with E-state index in [1.165, 1.54) is 41.3 Å². The average molecular weight is 239 g/mol. The van der Waals surface area contributed by atoms with Gasteiger partial charge in [0.2, 0.25) is 0 Å². The van der Waals surface area contributed by atoms with Gasteiger partial charge in [0.15, 0.2) is 0 Å². The third-order valence-electron chi connectivity index (χ3n) is 3.10. The molecule has 0 spiro atoms. The lowest BCUT2D eigenvalue weighted by Gasteiger charge is -2.21. The van der Waals surface area contributed by atoms with Gasteiger partial charge in [0.25, 0.3) is 0 Å². The molecule has 0 radical (unpaired) electrons. The Morgan fingerprint density at radius 1 is 1.08 bits per heavy atom. The average Bonchev–Trinajstić information content (AvgIpc) is 2.15. The highest BCUT2D eigenvalue weighted by Crippen LogP contribution is 2.31. The Balaban J connectivity index is 2.63. The Labute approximate surface area is 88.5 Å². The van der Waals surface area contributed by atoms with Crippen LogP contribution in [0.2, 0.25) is 0 Å². The second kappa shape index (κ2) is 3.45. The predicted octanol–water partition coefficient (Wildman–Crippen LogP) is 3.94. The molecular weight excluding hydrogens is 224 g/mol. The van der Waals surface area contributed by atoms with Crippen molar-refractivity contribution in [1.29, 1.82) is 0 Å². The molecule has 1 aromatic carbocycles. The quantitative estimate of drug-likeness (QED) is 0.643. The van der Waals surface area contributed by atoms with Gasteiger partial charge in [-0.3, -0.25) is 0 Å². The second-order valence-electron chi connectivity index (χ2n) is 3.96. The van der Waals surface area contributed by atoms with Crippen LogP contribution in [0.3, 0.4) is 0 Å². The molecule has 1 aliphatic carbocycles. The first-order valence-corrected chi connectivity index (χ1v) is 5.77. The molecule has 0 aliphatic heterocycles. The Morgan fingerprint density at radius 3 is 2.38 bits per heavy atom. The van der Waals surface area contributed by atoms with E-state index in [0.29, 0.717) is 0 Å². The van der Waals surface area contributed by atoms with Crippen molar-refractivity contribution in [3.8, 4) is 0 Å². The van der Waals surface area contributed by atoms with Crippen LogP contribution in [0.5, 0.6) is 0 Å². The summed E-state index contributed by atoms with van der Waals surface area (Å²) in [5.41, 5.74) is 6.15. The summed E-state index contributed by atoms with van der Waals surface area (Å²) in [7, 11) is 0. The fraction of sp³-hybridized carbons (Fsp3) is 0.500. The molecule has 1 aliphatic rings. The van der Waals surface area contributed by atoms with Gasteiger partial charge >= 0.3 is 0 Å². The first-order valence-electron chi connectivity index (χ1n) is 4.97. The van der Waals surface area contributed by atoms with Crippen LogP contribution >= 0.6 is 15.9 Å². The molecule has 0 saturated carbocycles. The molecule has 0 unspecified atom stereocenters. The van der Waals surface area contributed by atoms with Gasteiger partial charge in [0.1, 0.15) is 0 Å². The van der Waals surface area contributed by atoms with Crippen molar-refractivity contribution < 1.29 is 0 Å². The first-order chi connectivity index (χ1) is 6.20. The van der Waals surface area contributed by atoms with Crippen molar-refractivity contribution in [3.05, 3.63) is 32.8 Å². The maximum Gasteiger partial charge on any atom is 0.0210 e. The molecule has 70 valence electrons. The zero-order valence-electron chi connectivity index (χ0n) is 8.28. The van der Waals surface area contributed by atoms with E-state index in [0.717, 1.165) is 0 Å². The van der Waals surface area contributed by atoms with E-state index in [4.69, 9.17) is 0 Å². The number of fused-ring (bicyclic) bond motifs is 1. The molecule has 1 heteroatoms. The van der Waals surface area contributed by atoms with Crippen molar-refractivity contribution >= 4 is 15.9 Å².